The van der Waals surface area contributed by atoms with Crippen LogP contribution in [-0.4, -0.2) is 5.11 Å². The molecule has 1 unspecified atom stereocenters. The molecule has 0 saturated heterocycles. The SMILES string of the molecule is CC(O)(Cc1ccc(F)cc1)c1ccc(F)cc1F. The topological polar surface area (TPSA) is 20.2 Å². The molecule has 19 heavy (non-hydrogen) atoms. The first-order chi connectivity index (χ1) is 8.88. The van der Waals surface area contributed by atoms with E-state index in [4.69, 9.17) is 0 Å². The third-order valence-corrected chi connectivity index (χ3v) is 2.97. The fraction of sp³-hybridized carbons (Fsp3) is 0.200. The highest BCUT2D eigenvalue weighted by molar-refractivity contribution is 5.28. The highest BCUT2D eigenvalue weighted by atomic mass is 19.1. The summed E-state index contributed by atoms with van der Waals surface area (Å²) < 4.78 is 39.3. The van der Waals surface area contributed by atoms with Gasteiger partial charge in [0.15, 0.2) is 0 Å². The summed E-state index contributed by atoms with van der Waals surface area (Å²) in [7, 11) is 0. The number of aliphatic hydroxyl groups is 1. The van der Waals surface area contributed by atoms with Gasteiger partial charge in [0, 0.05) is 18.1 Å². The second kappa shape index (κ2) is 5.05. The molecule has 0 spiro atoms. The minimum atomic E-state index is -1.49. The molecule has 100 valence electrons. The van der Waals surface area contributed by atoms with Crippen molar-refractivity contribution in [1.29, 1.82) is 0 Å². The van der Waals surface area contributed by atoms with Gasteiger partial charge < -0.3 is 5.11 Å². The van der Waals surface area contributed by atoms with Crippen LogP contribution in [0.15, 0.2) is 42.5 Å². The molecule has 0 aliphatic heterocycles. The molecule has 0 aliphatic carbocycles. The third-order valence-electron chi connectivity index (χ3n) is 2.97. The number of benzene rings is 2. The van der Waals surface area contributed by atoms with Crippen molar-refractivity contribution in [3.63, 3.8) is 0 Å². The van der Waals surface area contributed by atoms with Crippen molar-refractivity contribution in [2.75, 3.05) is 0 Å². The van der Waals surface area contributed by atoms with E-state index in [1.807, 2.05) is 0 Å². The van der Waals surface area contributed by atoms with E-state index in [0.29, 0.717) is 5.56 Å². The minimum Gasteiger partial charge on any atom is -0.385 e. The number of rotatable bonds is 3. The monoisotopic (exact) mass is 266 g/mol. The van der Waals surface area contributed by atoms with Crippen molar-refractivity contribution in [2.45, 2.75) is 18.9 Å². The van der Waals surface area contributed by atoms with E-state index in [-0.39, 0.29) is 17.8 Å². The molecule has 0 aromatic heterocycles. The van der Waals surface area contributed by atoms with Crippen LogP contribution in [0.4, 0.5) is 13.2 Å². The predicted molar refractivity (Wildman–Crippen MR) is 66.0 cm³/mol. The second-order valence-electron chi connectivity index (χ2n) is 4.70. The van der Waals surface area contributed by atoms with Crippen molar-refractivity contribution < 1.29 is 18.3 Å². The standard InChI is InChI=1S/C15H13F3O/c1-15(19,9-10-2-4-11(16)5-3-10)13-7-6-12(17)8-14(13)18/h2-8,19H,9H2,1H3. The van der Waals surface area contributed by atoms with E-state index in [2.05, 4.69) is 0 Å². The van der Waals surface area contributed by atoms with Gasteiger partial charge in [-0.05, 0) is 30.7 Å². The van der Waals surface area contributed by atoms with Crippen molar-refractivity contribution >= 4 is 0 Å². The Kier molecular flexibility index (Phi) is 3.62. The van der Waals surface area contributed by atoms with Crippen LogP contribution in [0.25, 0.3) is 0 Å². The highest BCUT2D eigenvalue weighted by Crippen LogP contribution is 2.28. The molecular weight excluding hydrogens is 253 g/mol. The Bertz CT molecular complexity index is 576. The average molecular weight is 266 g/mol. The molecule has 1 atom stereocenters. The van der Waals surface area contributed by atoms with Crippen LogP contribution in [0.3, 0.4) is 0 Å². The third kappa shape index (κ3) is 3.15. The van der Waals surface area contributed by atoms with Crippen molar-refractivity contribution in [1.82, 2.24) is 0 Å². The van der Waals surface area contributed by atoms with Gasteiger partial charge in [-0.3, -0.25) is 0 Å². The molecule has 2 rings (SSSR count). The smallest absolute Gasteiger partial charge is 0.132 e. The first-order valence-corrected chi connectivity index (χ1v) is 5.81. The zero-order chi connectivity index (χ0) is 14.0. The van der Waals surface area contributed by atoms with Crippen LogP contribution in [0, 0.1) is 17.5 Å². The molecule has 0 saturated carbocycles. The van der Waals surface area contributed by atoms with Crippen LogP contribution >= 0.6 is 0 Å². The van der Waals surface area contributed by atoms with E-state index < -0.39 is 17.2 Å². The molecule has 2 aromatic carbocycles. The Hall–Kier alpha value is -1.81. The molecule has 0 radical (unpaired) electrons. The molecule has 0 amide bonds. The average Bonchev–Trinajstić information content (AvgIpc) is 2.31. The molecule has 1 nitrogen and oxygen atoms in total. The van der Waals surface area contributed by atoms with E-state index in [0.717, 1.165) is 12.1 Å². The van der Waals surface area contributed by atoms with E-state index in [9.17, 15) is 18.3 Å². The lowest BCUT2D eigenvalue weighted by Gasteiger charge is -2.24. The van der Waals surface area contributed by atoms with Gasteiger partial charge >= 0.3 is 0 Å². The van der Waals surface area contributed by atoms with Crippen molar-refractivity contribution in [3.05, 3.63) is 71.0 Å². The Morgan fingerprint density at radius 2 is 1.53 bits per heavy atom. The molecule has 0 aliphatic rings. The summed E-state index contributed by atoms with van der Waals surface area (Å²) in [6, 6.07) is 8.62. The van der Waals surface area contributed by atoms with Gasteiger partial charge in [0.2, 0.25) is 0 Å². The molecular formula is C15H13F3O. The van der Waals surface area contributed by atoms with Gasteiger partial charge in [-0.15, -0.1) is 0 Å². The largest absolute Gasteiger partial charge is 0.385 e. The van der Waals surface area contributed by atoms with Crippen LogP contribution in [0.2, 0.25) is 0 Å². The van der Waals surface area contributed by atoms with E-state index >= 15 is 0 Å². The van der Waals surface area contributed by atoms with Crippen LogP contribution in [0.5, 0.6) is 0 Å². The Labute approximate surface area is 109 Å². The second-order valence-corrected chi connectivity index (χ2v) is 4.70. The zero-order valence-electron chi connectivity index (χ0n) is 10.3. The summed E-state index contributed by atoms with van der Waals surface area (Å²) in [5.41, 5.74) is -0.816. The van der Waals surface area contributed by atoms with Gasteiger partial charge in [0.1, 0.15) is 17.5 Å². The van der Waals surface area contributed by atoms with Gasteiger partial charge in [0.05, 0.1) is 5.60 Å². The molecule has 0 heterocycles. The first-order valence-electron chi connectivity index (χ1n) is 5.81. The molecule has 0 bridgehead atoms. The summed E-state index contributed by atoms with van der Waals surface area (Å²) in [6.45, 7) is 1.44. The quantitative estimate of drug-likeness (QED) is 0.900. The number of hydrogen-bond donors (Lipinski definition) is 1. The fourth-order valence-corrected chi connectivity index (χ4v) is 2.02. The van der Waals surface area contributed by atoms with E-state index in [1.54, 1.807) is 0 Å². The molecule has 2 aromatic rings. The predicted octanol–water partition coefficient (Wildman–Crippen LogP) is 3.55. The van der Waals surface area contributed by atoms with Gasteiger partial charge in [-0.1, -0.05) is 18.2 Å². The molecule has 1 N–H and O–H groups in total. The lowest BCUT2D eigenvalue weighted by molar-refractivity contribution is 0.0537. The highest BCUT2D eigenvalue weighted by Gasteiger charge is 2.27. The minimum absolute atomic E-state index is 0.0122. The summed E-state index contributed by atoms with van der Waals surface area (Å²) >= 11 is 0. The summed E-state index contributed by atoms with van der Waals surface area (Å²) in [6.07, 6.45) is 0.107. The van der Waals surface area contributed by atoms with Crippen LogP contribution < -0.4 is 0 Å². The zero-order valence-corrected chi connectivity index (χ0v) is 10.3. The lowest BCUT2D eigenvalue weighted by atomic mass is 9.88. The van der Waals surface area contributed by atoms with Crippen molar-refractivity contribution in [2.24, 2.45) is 0 Å². The fourth-order valence-electron chi connectivity index (χ4n) is 2.02. The first kappa shape index (κ1) is 13.6. The maximum Gasteiger partial charge on any atom is 0.132 e. The normalized spacial score (nSPS) is 14.2. The maximum atomic E-state index is 13.7. The molecule has 0 fully saturated rings. The van der Waals surface area contributed by atoms with Gasteiger partial charge in [-0.25, -0.2) is 13.2 Å². The lowest BCUT2D eigenvalue weighted by Crippen LogP contribution is -2.25. The van der Waals surface area contributed by atoms with Gasteiger partial charge in [-0.2, -0.15) is 0 Å². The van der Waals surface area contributed by atoms with Crippen LogP contribution in [0.1, 0.15) is 18.1 Å². The maximum absolute atomic E-state index is 13.7. The summed E-state index contributed by atoms with van der Waals surface area (Å²) in [5, 5.41) is 10.3. The number of hydrogen-bond acceptors (Lipinski definition) is 1. The summed E-state index contributed by atoms with van der Waals surface area (Å²) in [5.74, 6) is -1.87. The number of halogens is 3. The summed E-state index contributed by atoms with van der Waals surface area (Å²) in [4.78, 5) is 0. The Morgan fingerprint density at radius 3 is 2.11 bits per heavy atom. The Morgan fingerprint density at radius 1 is 0.947 bits per heavy atom. The Balaban J connectivity index is 2.29. The van der Waals surface area contributed by atoms with Gasteiger partial charge in [0.25, 0.3) is 0 Å². The van der Waals surface area contributed by atoms with Crippen LogP contribution in [-0.2, 0) is 12.0 Å². The van der Waals surface area contributed by atoms with Crippen molar-refractivity contribution in [3.8, 4) is 0 Å². The van der Waals surface area contributed by atoms with E-state index in [1.165, 1.54) is 37.3 Å². The molecule has 4 heteroatoms.